The van der Waals surface area contributed by atoms with Crippen molar-refractivity contribution in [3.8, 4) is 5.75 Å². The van der Waals surface area contributed by atoms with Crippen molar-refractivity contribution in [1.29, 1.82) is 0 Å². The molecule has 0 bridgehead atoms. The van der Waals surface area contributed by atoms with Gasteiger partial charge < -0.3 is 15.0 Å². The molecule has 1 N–H and O–H groups in total. The fraction of sp³-hybridized carbons (Fsp3) is 0.625. The van der Waals surface area contributed by atoms with Crippen LogP contribution in [0.15, 0.2) is 18.2 Å². The fourth-order valence-electron chi connectivity index (χ4n) is 2.73. The lowest BCUT2D eigenvalue weighted by atomic mass is 9.98. The van der Waals surface area contributed by atoms with Crippen molar-refractivity contribution in [2.75, 3.05) is 32.8 Å². The average molecular weight is 262 g/mol. The van der Waals surface area contributed by atoms with Crippen LogP contribution in [0.3, 0.4) is 0 Å². The topological polar surface area (TPSA) is 24.5 Å². The van der Waals surface area contributed by atoms with Gasteiger partial charge in [-0.3, -0.25) is 0 Å². The van der Waals surface area contributed by atoms with Crippen molar-refractivity contribution >= 4 is 0 Å². The van der Waals surface area contributed by atoms with E-state index < -0.39 is 0 Å². The third-order valence-corrected chi connectivity index (χ3v) is 3.98. The highest BCUT2D eigenvalue weighted by molar-refractivity contribution is 5.43. The van der Waals surface area contributed by atoms with Crippen molar-refractivity contribution in [3.05, 3.63) is 29.3 Å². The van der Waals surface area contributed by atoms with Gasteiger partial charge in [-0.05, 0) is 25.6 Å². The summed E-state index contributed by atoms with van der Waals surface area (Å²) in [4.78, 5) is 2.45. The number of ether oxygens (including phenoxy) is 1. The van der Waals surface area contributed by atoms with Crippen LogP contribution in [0.25, 0.3) is 0 Å². The van der Waals surface area contributed by atoms with Crippen LogP contribution in [0.4, 0.5) is 0 Å². The molecule has 1 atom stereocenters. The van der Waals surface area contributed by atoms with E-state index in [0.717, 1.165) is 45.0 Å². The monoisotopic (exact) mass is 262 g/mol. The zero-order chi connectivity index (χ0) is 13.7. The minimum absolute atomic E-state index is 0.444. The summed E-state index contributed by atoms with van der Waals surface area (Å²) >= 11 is 0. The Balaban J connectivity index is 1.94. The van der Waals surface area contributed by atoms with Gasteiger partial charge in [-0.25, -0.2) is 0 Å². The van der Waals surface area contributed by atoms with Gasteiger partial charge in [0, 0.05) is 31.1 Å². The molecule has 0 amide bonds. The van der Waals surface area contributed by atoms with Gasteiger partial charge in [-0.1, -0.05) is 32.0 Å². The lowest BCUT2D eigenvalue weighted by molar-refractivity contribution is 0.241. The van der Waals surface area contributed by atoms with E-state index in [4.69, 9.17) is 4.74 Å². The van der Waals surface area contributed by atoms with Gasteiger partial charge in [0.05, 0.1) is 6.61 Å². The Morgan fingerprint density at radius 1 is 1.32 bits per heavy atom. The quantitative estimate of drug-likeness (QED) is 0.853. The van der Waals surface area contributed by atoms with Gasteiger partial charge in [0.15, 0.2) is 0 Å². The number of hydrogen-bond donors (Lipinski definition) is 1. The minimum Gasteiger partial charge on any atom is -0.493 e. The second-order valence-electron chi connectivity index (χ2n) is 5.16. The normalized spacial score (nSPS) is 18.2. The molecule has 1 heterocycles. The standard InChI is InChI=1S/C16H26N2O/c1-4-18(5-2)11-10-17-15-9-12-19-16-13(3)7-6-8-14(15)16/h6-8,15,17H,4-5,9-12H2,1-3H3. The average Bonchev–Trinajstić information content (AvgIpc) is 2.44. The predicted octanol–water partition coefficient (Wildman–Crippen LogP) is 2.75. The summed E-state index contributed by atoms with van der Waals surface area (Å²) in [6.45, 7) is 11.8. The van der Waals surface area contributed by atoms with E-state index in [9.17, 15) is 0 Å². The first-order valence-corrected chi connectivity index (χ1v) is 7.44. The first-order valence-electron chi connectivity index (χ1n) is 7.44. The number of nitrogens with zero attached hydrogens (tertiary/aromatic N) is 1. The summed E-state index contributed by atoms with van der Waals surface area (Å²) in [5.74, 6) is 1.09. The number of rotatable bonds is 6. The molecule has 106 valence electrons. The Hall–Kier alpha value is -1.06. The molecule has 0 spiro atoms. The minimum atomic E-state index is 0.444. The molecule has 1 aromatic rings. The molecule has 19 heavy (non-hydrogen) atoms. The van der Waals surface area contributed by atoms with Crippen LogP contribution in [0.1, 0.15) is 37.4 Å². The lowest BCUT2D eigenvalue weighted by Crippen LogP contribution is -2.35. The van der Waals surface area contributed by atoms with Gasteiger partial charge in [0.2, 0.25) is 0 Å². The third kappa shape index (κ3) is 3.48. The molecule has 1 aliphatic heterocycles. The summed E-state index contributed by atoms with van der Waals surface area (Å²) in [5.41, 5.74) is 2.57. The number of aryl methyl sites for hydroxylation is 1. The van der Waals surface area contributed by atoms with Crippen LogP contribution in [0.2, 0.25) is 0 Å². The van der Waals surface area contributed by atoms with Crippen molar-refractivity contribution in [2.45, 2.75) is 33.2 Å². The van der Waals surface area contributed by atoms with Crippen LogP contribution in [-0.4, -0.2) is 37.7 Å². The molecule has 0 fully saturated rings. The lowest BCUT2D eigenvalue weighted by Gasteiger charge is -2.29. The van der Waals surface area contributed by atoms with Gasteiger partial charge in [-0.2, -0.15) is 0 Å². The van der Waals surface area contributed by atoms with Crippen LogP contribution in [0, 0.1) is 6.92 Å². The molecular weight excluding hydrogens is 236 g/mol. The molecular formula is C16H26N2O. The number of para-hydroxylation sites is 1. The van der Waals surface area contributed by atoms with E-state index in [1.165, 1.54) is 11.1 Å². The second kappa shape index (κ2) is 6.92. The van der Waals surface area contributed by atoms with E-state index in [1.54, 1.807) is 0 Å². The number of nitrogens with one attached hydrogen (secondary N) is 1. The molecule has 3 nitrogen and oxygen atoms in total. The van der Waals surface area contributed by atoms with E-state index in [-0.39, 0.29) is 0 Å². The molecule has 0 aromatic heterocycles. The smallest absolute Gasteiger partial charge is 0.126 e. The summed E-state index contributed by atoms with van der Waals surface area (Å²) in [6.07, 6.45) is 1.06. The zero-order valence-electron chi connectivity index (χ0n) is 12.4. The van der Waals surface area contributed by atoms with Gasteiger partial charge in [-0.15, -0.1) is 0 Å². The Labute approximate surface area is 116 Å². The maximum absolute atomic E-state index is 5.80. The van der Waals surface area contributed by atoms with Gasteiger partial charge in [0.25, 0.3) is 0 Å². The molecule has 0 saturated carbocycles. The first kappa shape index (κ1) is 14.4. The van der Waals surface area contributed by atoms with E-state index >= 15 is 0 Å². The Bertz CT molecular complexity index is 402. The van der Waals surface area contributed by atoms with Gasteiger partial charge >= 0.3 is 0 Å². The summed E-state index contributed by atoms with van der Waals surface area (Å²) in [6, 6.07) is 6.88. The third-order valence-electron chi connectivity index (χ3n) is 3.98. The van der Waals surface area contributed by atoms with E-state index in [2.05, 4.69) is 49.2 Å². The maximum Gasteiger partial charge on any atom is 0.126 e. The molecule has 2 rings (SSSR count). The zero-order valence-corrected chi connectivity index (χ0v) is 12.4. The second-order valence-corrected chi connectivity index (χ2v) is 5.16. The molecule has 1 aliphatic rings. The number of likely N-dealkylation sites (N-methyl/N-ethyl adjacent to an activating group) is 1. The van der Waals surface area contributed by atoms with Crippen LogP contribution < -0.4 is 10.1 Å². The Morgan fingerprint density at radius 3 is 2.84 bits per heavy atom. The molecule has 0 radical (unpaired) electrons. The van der Waals surface area contributed by atoms with Crippen molar-refractivity contribution in [2.24, 2.45) is 0 Å². The van der Waals surface area contributed by atoms with Crippen LogP contribution in [0.5, 0.6) is 5.75 Å². The van der Waals surface area contributed by atoms with Crippen molar-refractivity contribution < 1.29 is 4.74 Å². The summed E-state index contributed by atoms with van der Waals surface area (Å²) in [7, 11) is 0. The van der Waals surface area contributed by atoms with E-state index in [0.29, 0.717) is 6.04 Å². The van der Waals surface area contributed by atoms with Crippen molar-refractivity contribution in [3.63, 3.8) is 0 Å². The molecule has 0 saturated heterocycles. The van der Waals surface area contributed by atoms with Crippen LogP contribution >= 0.6 is 0 Å². The first-order chi connectivity index (χ1) is 9.26. The van der Waals surface area contributed by atoms with Crippen molar-refractivity contribution in [1.82, 2.24) is 10.2 Å². The molecule has 0 aliphatic carbocycles. The molecule has 1 unspecified atom stereocenters. The fourth-order valence-corrected chi connectivity index (χ4v) is 2.73. The van der Waals surface area contributed by atoms with Gasteiger partial charge in [0.1, 0.15) is 5.75 Å². The molecule has 1 aromatic carbocycles. The number of fused-ring (bicyclic) bond motifs is 1. The maximum atomic E-state index is 5.80. The Kier molecular flexibility index (Phi) is 5.23. The largest absolute Gasteiger partial charge is 0.493 e. The molecule has 3 heteroatoms. The summed E-state index contributed by atoms with van der Waals surface area (Å²) < 4.78 is 5.80. The highest BCUT2D eigenvalue weighted by atomic mass is 16.5. The highest BCUT2D eigenvalue weighted by Crippen LogP contribution is 2.34. The number of benzene rings is 1. The SMILES string of the molecule is CCN(CC)CCNC1CCOc2c(C)cccc21. The Morgan fingerprint density at radius 2 is 2.11 bits per heavy atom. The van der Waals surface area contributed by atoms with E-state index in [1.807, 2.05) is 0 Å². The highest BCUT2D eigenvalue weighted by Gasteiger charge is 2.21. The van der Waals surface area contributed by atoms with Crippen LogP contribution in [-0.2, 0) is 0 Å². The predicted molar refractivity (Wildman–Crippen MR) is 79.8 cm³/mol. The number of hydrogen-bond acceptors (Lipinski definition) is 3. The summed E-state index contributed by atoms with van der Waals surface area (Å²) in [5, 5.41) is 3.68.